The Bertz CT molecular complexity index is 1310. The highest BCUT2D eigenvalue weighted by Gasteiger charge is 2.34. The summed E-state index contributed by atoms with van der Waals surface area (Å²) in [5.74, 6) is -0.572. The number of ketones is 1. The number of carbonyl (C=O) groups is 2. The molecule has 1 saturated heterocycles. The maximum atomic E-state index is 14.5. The van der Waals surface area contributed by atoms with Gasteiger partial charge in [0.1, 0.15) is 23.9 Å². The van der Waals surface area contributed by atoms with Crippen LogP contribution in [0.4, 0.5) is 13.2 Å². The molecule has 1 fully saturated rings. The molecule has 0 aliphatic carbocycles. The first kappa shape index (κ1) is 23.2. The van der Waals surface area contributed by atoms with Gasteiger partial charge in [0.2, 0.25) is 0 Å². The van der Waals surface area contributed by atoms with Crippen molar-refractivity contribution >= 4 is 23.3 Å². The third-order valence-electron chi connectivity index (χ3n) is 5.93. The van der Waals surface area contributed by atoms with Gasteiger partial charge in [-0.2, -0.15) is 13.9 Å². The molecule has 2 aliphatic heterocycles. The molecule has 0 radical (unpaired) electrons. The second-order valence-corrected chi connectivity index (χ2v) is 8.89. The molecule has 35 heavy (non-hydrogen) atoms. The Hall–Kier alpha value is -3.53. The van der Waals surface area contributed by atoms with E-state index in [1.807, 2.05) is 0 Å². The van der Waals surface area contributed by atoms with Gasteiger partial charge in [0.05, 0.1) is 18.4 Å². The number of alkyl halides is 2. The average molecular weight is 506 g/mol. The smallest absolute Gasteiger partial charge is 0.333 e. The molecule has 3 aromatic rings. The van der Waals surface area contributed by atoms with E-state index in [9.17, 15) is 22.8 Å². The molecule has 0 atom stereocenters. The van der Waals surface area contributed by atoms with E-state index in [4.69, 9.17) is 21.1 Å². The quantitative estimate of drug-likeness (QED) is 0.497. The minimum Gasteiger partial charge on any atom is -0.493 e. The summed E-state index contributed by atoms with van der Waals surface area (Å²) in [7, 11) is 0. The predicted octanol–water partition coefficient (Wildman–Crippen LogP) is 4.39. The van der Waals surface area contributed by atoms with E-state index >= 15 is 0 Å². The average Bonchev–Trinajstić information content (AvgIpc) is 3.29. The SMILES string of the molecule is O=C1COc2cc(F)c(C(=O)N3CC(COc4ccc(Cl)cc4-c4cnn(C(F)F)c4)C3)cc2C1. The molecule has 7 nitrogen and oxygen atoms in total. The van der Waals surface area contributed by atoms with Crippen molar-refractivity contribution in [1.29, 1.82) is 0 Å². The summed E-state index contributed by atoms with van der Waals surface area (Å²) in [5, 5.41) is 4.06. The topological polar surface area (TPSA) is 73.7 Å². The van der Waals surface area contributed by atoms with Crippen LogP contribution in [0.1, 0.15) is 22.5 Å². The van der Waals surface area contributed by atoms with Gasteiger partial charge < -0.3 is 14.4 Å². The minimum absolute atomic E-state index is 0.00290. The van der Waals surface area contributed by atoms with Gasteiger partial charge in [-0.05, 0) is 24.3 Å². The van der Waals surface area contributed by atoms with Crippen LogP contribution in [-0.4, -0.2) is 52.7 Å². The maximum absolute atomic E-state index is 14.5. The molecule has 5 rings (SSSR count). The van der Waals surface area contributed by atoms with Crippen LogP contribution in [0.5, 0.6) is 11.5 Å². The van der Waals surface area contributed by atoms with Crippen molar-refractivity contribution in [3.63, 3.8) is 0 Å². The molecule has 0 N–H and O–H groups in total. The van der Waals surface area contributed by atoms with E-state index < -0.39 is 18.3 Å². The first-order chi connectivity index (χ1) is 16.8. The highest BCUT2D eigenvalue weighted by Crippen LogP contribution is 2.34. The molecule has 1 amide bonds. The standard InChI is InChI=1S/C24H19ClF3N3O4/c25-16-1-2-21(18(5-16)15-7-29-31(10-15)24(27)28)34-11-13-8-30(9-13)23(33)19-4-14-3-17(32)12-35-22(14)6-20(19)26/h1-2,4-7,10,13,24H,3,8-9,11-12H2. The van der Waals surface area contributed by atoms with Gasteiger partial charge >= 0.3 is 6.55 Å². The summed E-state index contributed by atoms with van der Waals surface area (Å²) in [4.78, 5) is 25.9. The minimum atomic E-state index is -2.77. The second kappa shape index (κ2) is 9.26. The van der Waals surface area contributed by atoms with Crippen molar-refractivity contribution in [1.82, 2.24) is 14.7 Å². The van der Waals surface area contributed by atoms with Gasteiger partial charge in [-0.25, -0.2) is 9.07 Å². The van der Waals surface area contributed by atoms with Crippen LogP contribution in [-0.2, 0) is 11.2 Å². The van der Waals surface area contributed by atoms with Crippen LogP contribution in [0.25, 0.3) is 11.1 Å². The van der Waals surface area contributed by atoms with Crippen molar-refractivity contribution < 1.29 is 32.2 Å². The number of nitrogens with zero attached hydrogens (tertiary/aromatic N) is 3. The maximum Gasteiger partial charge on any atom is 0.333 e. The number of hydrogen-bond acceptors (Lipinski definition) is 5. The number of benzene rings is 2. The Balaban J connectivity index is 1.22. The molecule has 182 valence electrons. The number of aromatic nitrogens is 2. The van der Waals surface area contributed by atoms with Crippen molar-refractivity contribution in [3.8, 4) is 22.6 Å². The number of ether oxygens (including phenoxy) is 2. The predicted molar refractivity (Wildman–Crippen MR) is 119 cm³/mol. The molecule has 0 bridgehead atoms. The zero-order valence-electron chi connectivity index (χ0n) is 18.2. The summed E-state index contributed by atoms with van der Waals surface area (Å²) in [5.41, 5.74) is 1.34. The molecule has 2 aliphatic rings. The Morgan fingerprint density at radius 2 is 2.06 bits per heavy atom. The van der Waals surface area contributed by atoms with Gasteiger partial charge in [0.15, 0.2) is 5.78 Å². The molecule has 0 saturated carbocycles. The Morgan fingerprint density at radius 1 is 1.26 bits per heavy atom. The number of hydrogen-bond donors (Lipinski definition) is 0. The van der Waals surface area contributed by atoms with Crippen LogP contribution in [0.3, 0.4) is 0 Å². The van der Waals surface area contributed by atoms with Crippen molar-refractivity contribution in [2.75, 3.05) is 26.3 Å². The lowest BCUT2D eigenvalue weighted by Gasteiger charge is -2.39. The summed E-state index contributed by atoms with van der Waals surface area (Å²) in [6.45, 7) is -1.89. The van der Waals surface area contributed by atoms with E-state index in [2.05, 4.69) is 5.10 Å². The molecule has 2 aromatic carbocycles. The van der Waals surface area contributed by atoms with Crippen LogP contribution in [0.15, 0.2) is 42.7 Å². The van der Waals surface area contributed by atoms with Crippen molar-refractivity contribution in [3.05, 3.63) is 64.7 Å². The zero-order chi connectivity index (χ0) is 24.7. The molecular formula is C24H19ClF3N3O4. The van der Waals surface area contributed by atoms with Crippen molar-refractivity contribution in [2.45, 2.75) is 13.0 Å². The molecule has 0 spiro atoms. The first-order valence-electron chi connectivity index (χ1n) is 10.8. The van der Waals surface area contributed by atoms with E-state index in [1.165, 1.54) is 23.4 Å². The van der Waals surface area contributed by atoms with Gasteiger partial charge in [-0.15, -0.1) is 0 Å². The highest BCUT2D eigenvalue weighted by molar-refractivity contribution is 6.31. The number of fused-ring (bicyclic) bond motifs is 1. The van der Waals surface area contributed by atoms with Crippen molar-refractivity contribution in [2.24, 2.45) is 5.92 Å². The second-order valence-electron chi connectivity index (χ2n) is 8.46. The molecule has 3 heterocycles. The number of amides is 1. The van der Waals surface area contributed by atoms with Gasteiger partial charge in [0, 0.05) is 59.4 Å². The molecular weight excluding hydrogens is 487 g/mol. The number of carbonyl (C=O) groups excluding carboxylic acids is 2. The van der Waals surface area contributed by atoms with Gasteiger partial charge in [0.25, 0.3) is 5.91 Å². The van der Waals surface area contributed by atoms with Gasteiger partial charge in [-0.1, -0.05) is 11.6 Å². The summed E-state index contributed by atoms with van der Waals surface area (Å²) >= 11 is 6.08. The van der Waals surface area contributed by atoms with Crippen LogP contribution in [0, 0.1) is 11.7 Å². The lowest BCUT2D eigenvalue weighted by Crippen LogP contribution is -2.52. The van der Waals surface area contributed by atoms with E-state index in [0.29, 0.717) is 45.2 Å². The van der Waals surface area contributed by atoms with Crippen LogP contribution < -0.4 is 9.47 Å². The lowest BCUT2D eigenvalue weighted by molar-refractivity contribution is -0.121. The zero-order valence-corrected chi connectivity index (χ0v) is 19.0. The fraction of sp³-hybridized carbons (Fsp3) is 0.292. The number of halogens is 4. The highest BCUT2D eigenvalue weighted by atomic mass is 35.5. The van der Waals surface area contributed by atoms with E-state index in [-0.39, 0.29) is 42.6 Å². The molecule has 1 aromatic heterocycles. The summed E-state index contributed by atoms with van der Waals surface area (Å²) < 4.78 is 52.0. The Morgan fingerprint density at radius 3 is 2.80 bits per heavy atom. The van der Waals surface area contributed by atoms with Crippen LogP contribution >= 0.6 is 11.6 Å². The first-order valence-corrected chi connectivity index (χ1v) is 11.2. The van der Waals surface area contributed by atoms with E-state index in [0.717, 1.165) is 6.07 Å². The molecule has 11 heteroatoms. The van der Waals surface area contributed by atoms with Gasteiger partial charge in [-0.3, -0.25) is 9.59 Å². The Labute approximate surface area is 203 Å². The van der Waals surface area contributed by atoms with E-state index in [1.54, 1.807) is 18.2 Å². The normalized spacial score (nSPS) is 15.6. The third kappa shape index (κ3) is 4.70. The number of rotatable bonds is 6. The summed E-state index contributed by atoms with van der Waals surface area (Å²) in [6, 6.07) is 7.40. The number of Topliss-reactive ketones (excluding diaryl/α,β-unsaturated/α-hetero) is 1. The fourth-order valence-corrected chi connectivity index (χ4v) is 4.29. The van der Waals surface area contributed by atoms with Crippen LogP contribution in [0.2, 0.25) is 5.02 Å². The largest absolute Gasteiger partial charge is 0.493 e. The lowest BCUT2D eigenvalue weighted by atomic mass is 9.97. The monoisotopic (exact) mass is 505 g/mol. The summed E-state index contributed by atoms with van der Waals surface area (Å²) in [6.07, 6.45) is 2.62. The third-order valence-corrected chi connectivity index (χ3v) is 6.16. The number of likely N-dealkylation sites (tertiary alicyclic amines) is 1. The fourth-order valence-electron chi connectivity index (χ4n) is 4.11. The Kier molecular flexibility index (Phi) is 6.14. The molecule has 0 unspecified atom stereocenters.